The second-order valence-corrected chi connectivity index (χ2v) is 7.50. The second-order valence-electron chi connectivity index (χ2n) is 5.17. The molecule has 2 aromatic heterocycles. The minimum absolute atomic E-state index is 0.791. The van der Waals surface area contributed by atoms with Crippen LogP contribution in [0.5, 0.6) is 0 Å². The number of rotatable bonds is 4. The second kappa shape index (κ2) is 7.25. The number of nitrogens with zero attached hydrogens (tertiary/aromatic N) is 3. The number of thiazole rings is 1. The van der Waals surface area contributed by atoms with Crippen molar-refractivity contribution in [1.82, 2.24) is 9.97 Å². The Labute approximate surface area is 158 Å². The monoisotopic (exact) mass is 377 g/mol. The van der Waals surface area contributed by atoms with Crippen molar-refractivity contribution in [2.45, 2.75) is 9.79 Å². The Kier molecular flexibility index (Phi) is 4.68. The van der Waals surface area contributed by atoms with Crippen LogP contribution in [0.1, 0.15) is 0 Å². The van der Waals surface area contributed by atoms with E-state index in [1.165, 1.54) is 0 Å². The number of thiocarbonyl (C=S) groups is 1. The predicted molar refractivity (Wildman–Crippen MR) is 108 cm³/mol. The van der Waals surface area contributed by atoms with Crippen molar-refractivity contribution in [3.8, 4) is 10.6 Å². The fourth-order valence-corrected chi connectivity index (χ4v) is 4.47. The Bertz CT molecular complexity index is 1070. The van der Waals surface area contributed by atoms with Gasteiger partial charge in [-0.25, -0.2) is 4.98 Å². The minimum Gasteiger partial charge on any atom is -0.264 e. The van der Waals surface area contributed by atoms with Gasteiger partial charge in [-0.15, -0.1) is 11.3 Å². The Morgan fingerprint density at radius 3 is 2.72 bits per heavy atom. The summed E-state index contributed by atoms with van der Waals surface area (Å²) in [5.74, 6) is 0. The van der Waals surface area contributed by atoms with E-state index < -0.39 is 0 Å². The summed E-state index contributed by atoms with van der Waals surface area (Å²) in [5.41, 5.74) is 2.71. The molecule has 0 saturated carbocycles. The molecular formula is C19H11N3S3. The summed E-state index contributed by atoms with van der Waals surface area (Å²) in [7, 11) is 0. The lowest BCUT2D eigenvalue weighted by Gasteiger charge is -2.04. The van der Waals surface area contributed by atoms with Crippen LogP contribution in [-0.2, 0) is 0 Å². The maximum Gasteiger partial charge on any atom is 0.126 e. The molecule has 0 aliphatic heterocycles. The van der Waals surface area contributed by atoms with Gasteiger partial charge in [-0.05, 0) is 48.6 Å². The molecule has 2 heterocycles. The molecule has 4 aromatic rings. The van der Waals surface area contributed by atoms with Crippen LogP contribution in [0, 0.1) is 0 Å². The average Bonchev–Trinajstić information content (AvgIpc) is 3.07. The van der Waals surface area contributed by atoms with Crippen molar-refractivity contribution in [3.05, 3.63) is 67.0 Å². The minimum atomic E-state index is 0.791. The van der Waals surface area contributed by atoms with Gasteiger partial charge in [0.15, 0.2) is 0 Å². The smallest absolute Gasteiger partial charge is 0.126 e. The summed E-state index contributed by atoms with van der Waals surface area (Å²) < 4.78 is 1.11. The first kappa shape index (κ1) is 16.1. The third kappa shape index (κ3) is 3.52. The molecule has 0 fully saturated rings. The maximum atomic E-state index is 4.81. The van der Waals surface area contributed by atoms with Gasteiger partial charge in [0.05, 0.1) is 21.1 Å². The Hall–Kier alpha value is -2.37. The standard InChI is InChI=1S/C19H11N3S3/c23-12-21-15-9-16-18(10-17(15)24-14-6-2-1-3-7-14)25-19(22-16)13-5-4-8-20-11-13/h1-11H. The van der Waals surface area contributed by atoms with Crippen LogP contribution in [0.15, 0.2) is 81.8 Å². The van der Waals surface area contributed by atoms with Crippen molar-refractivity contribution in [1.29, 1.82) is 0 Å². The first-order valence-electron chi connectivity index (χ1n) is 7.49. The Morgan fingerprint density at radius 1 is 1.08 bits per heavy atom. The summed E-state index contributed by atoms with van der Waals surface area (Å²) >= 11 is 8.12. The van der Waals surface area contributed by atoms with Gasteiger partial charge in [-0.2, -0.15) is 4.99 Å². The van der Waals surface area contributed by atoms with Crippen molar-refractivity contribution >= 4 is 56.4 Å². The molecule has 0 saturated heterocycles. The Morgan fingerprint density at radius 2 is 1.96 bits per heavy atom. The SMILES string of the molecule is S=C=Nc1cc2nc(-c3cccnc3)sc2cc1Sc1ccccc1. The summed E-state index contributed by atoms with van der Waals surface area (Å²) in [6.07, 6.45) is 3.59. The number of benzene rings is 2. The zero-order chi connectivity index (χ0) is 17.1. The van der Waals surface area contributed by atoms with Gasteiger partial charge in [-0.3, -0.25) is 4.98 Å². The number of isothiocyanates is 1. The van der Waals surface area contributed by atoms with E-state index in [0.29, 0.717) is 0 Å². The van der Waals surface area contributed by atoms with Crippen molar-refractivity contribution in [3.63, 3.8) is 0 Å². The number of hydrogen-bond donors (Lipinski definition) is 0. The number of pyridine rings is 1. The summed E-state index contributed by atoms with van der Waals surface area (Å²) in [6.45, 7) is 0. The number of hydrogen-bond acceptors (Lipinski definition) is 6. The zero-order valence-corrected chi connectivity index (χ0v) is 15.4. The van der Waals surface area contributed by atoms with Crippen LogP contribution >= 0.6 is 35.3 Å². The van der Waals surface area contributed by atoms with Gasteiger partial charge in [-0.1, -0.05) is 30.0 Å². The van der Waals surface area contributed by atoms with Crippen LogP contribution in [0.3, 0.4) is 0 Å². The van der Waals surface area contributed by atoms with Crippen LogP contribution in [0.4, 0.5) is 5.69 Å². The highest BCUT2D eigenvalue weighted by molar-refractivity contribution is 7.99. The molecule has 2 aromatic carbocycles. The van der Waals surface area contributed by atoms with E-state index in [9.17, 15) is 0 Å². The first-order valence-corrected chi connectivity index (χ1v) is 9.53. The van der Waals surface area contributed by atoms with E-state index in [2.05, 4.69) is 33.3 Å². The van der Waals surface area contributed by atoms with Crippen LogP contribution < -0.4 is 0 Å². The fraction of sp³-hybridized carbons (Fsp3) is 0. The van der Waals surface area contributed by atoms with Crippen molar-refractivity contribution in [2.24, 2.45) is 4.99 Å². The summed E-state index contributed by atoms with van der Waals surface area (Å²) in [6, 6.07) is 18.2. The third-order valence-corrected chi connectivity index (χ3v) is 5.73. The molecule has 0 radical (unpaired) electrons. The topological polar surface area (TPSA) is 38.1 Å². The number of aliphatic imine (C=N–C) groups is 1. The van der Waals surface area contributed by atoms with E-state index in [1.54, 1.807) is 29.3 Å². The molecular weight excluding hydrogens is 366 g/mol. The molecule has 3 nitrogen and oxygen atoms in total. The molecule has 0 aliphatic rings. The van der Waals surface area contributed by atoms with E-state index in [-0.39, 0.29) is 0 Å². The quantitative estimate of drug-likeness (QED) is 0.311. The van der Waals surface area contributed by atoms with Gasteiger partial charge in [0, 0.05) is 27.7 Å². The van der Waals surface area contributed by atoms with Crippen molar-refractivity contribution < 1.29 is 0 Å². The summed E-state index contributed by atoms with van der Waals surface area (Å²) in [5, 5.41) is 3.42. The van der Waals surface area contributed by atoms with Crippen LogP contribution in [0.25, 0.3) is 20.8 Å². The van der Waals surface area contributed by atoms with Gasteiger partial charge in [0.1, 0.15) is 5.01 Å². The molecule has 0 atom stereocenters. The lowest BCUT2D eigenvalue weighted by molar-refractivity contribution is 1.32. The third-order valence-electron chi connectivity index (χ3n) is 3.51. The lowest BCUT2D eigenvalue weighted by atomic mass is 10.3. The first-order chi connectivity index (χ1) is 12.3. The van der Waals surface area contributed by atoms with Gasteiger partial charge in [0.2, 0.25) is 0 Å². The summed E-state index contributed by atoms with van der Waals surface area (Å²) in [4.78, 5) is 15.3. The van der Waals surface area contributed by atoms with E-state index in [0.717, 1.165) is 36.3 Å². The van der Waals surface area contributed by atoms with E-state index in [4.69, 9.17) is 17.2 Å². The zero-order valence-electron chi connectivity index (χ0n) is 12.9. The van der Waals surface area contributed by atoms with E-state index >= 15 is 0 Å². The molecule has 0 amide bonds. The van der Waals surface area contributed by atoms with Crippen LogP contribution in [-0.4, -0.2) is 15.1 Å². The Balaban J connectivity index is 1.82. The normalized spacial score (nSPS) is 10.6. The molecule has 4 rings (SSSR count). The molecule has 25 heavy (non-hydrogen) atoms. The fourth-order valence-electron chi connectivity index (χ4n) is 2.39. The van der Waals surface area contributed by atoms with Crippen LogP contribution in [0.2, 0.25) is 0 Å². The number of aromatic nitrogens is 2. The number of fused-ring (bicyclic) bond motifs is 1. The van der Waals surface area contributed by atoms with Crippen molar-refractivity contribution in [2.75, 3.05) is 0 Å². The highest BCUT2D eigenvalue weighted by atomic mass is 32.2. The van der Waals surface area contributed by atoms with E-state index in [1.807, 2.05) is 42.6 Å². The molecule has 0 aliphatic carbocycles. The highest BCUT2D eigenvalue weighted by Gasteiger charge is 2.12. The maximum absolute atomic E-state index is 4.81. The molecule has 120 valence electrons. The lowest BCUT2D eigenvalue weighted by Crippen LogP contribution is -1.78. The molecule has 6 heteroatoms. The van der Waals surface area contributed by atoms with Gasteiger partial charge in [0.25, 0.3) is 0 Å². The van der Waals surface area contributed by atoms with Gasteiger partial charge < -0.3 is 0 Å². The average molecular weight is 378 g/mol. The van der Waals surface area contributed by atoms with Gasteiger partial charge >= 0.3 is 0 Å². The molecule has 0 spiro atoms. The molecule has 0 unspecified atom stereocenters. The predicted octanol–water partition coefficient (Wildman–Crippen LogP) is 6.24. The largest absolute Gasteiger partial charge is 0.264 e. The molecule has 0 N–H and O–H groups in total. The highest BCUT2D eigenvalue weighted by Crippen LogP contribution is 2.40. The molecule has 0 bridgehead atoms.